The van der Waals surface area contributed by atoms with E-state index in [9.17, 15) is 23.1 Å². The molecule has 0 heterocycles. The van der Waals surface area contributed by atoms with Crippen LogP contribution >= 0.6 is 0 Å². The largest absolute Gasteiger partial charge is 0.482 e. The minimum absolute atomic E-state index is 0.0264. The zero-order chi connectivity index (χ0) is 17.7. The number of hydrogen-bond acceptors (Lipinski definition) is 3. The van der Waals surface area contributed by atoms with Crippen LogP contribution in [0.15, 0.2) is 18.2 Å². The van der Waals surface area contributed by atoms with E-state index in [-0.39, 0.29) is 23.6 Å². The lowest BCUT2D eigenvalue weighted by atomic mass is 9.93. The van der Waals surface area contributed by atoms with E-state index >= 15 is 0 Å². The third-order valence-corrected chi connectivity index (χ3v) is 3.81. The van der Waals surface area contributed by atoms with Gasteiger partial charge in [0.1, 0.15) is 5.75 Å². The number of carbonyl (C=O) groups excluding carboxylic acids is 1. The lowest BCUT2D eigenvalue weighted by Gasteiger charge is -2.26. The third kappa shape index (κ3) is 5.92. The standard InChI is InChI=1S/C16H21F3N2O3/c1-10-2-7-13(14(8-10)24-9-16(17,18)19)21-15(23)20-11-3-5-12(22)6-4-11/h2,7-8,11-12,22H,3-6,9H2,1H3,(H2,20,21,23). The molecule has 0 atom stereocenters. The Bertz CT molecular complexity index is 570. The van der Waals surface area contributed by atoms with Crippen molar-refractivity contribution in [1.29, 1.82) is 0 Å². The molecule has 1 saturated carbocycles. The molecular weight excluding hydrogens is 325 g/mol. The Kier molecular flexibility index (Phi) is 5.93. The third-order valence-electron chi connectivity index (χ3n) is 3.81. The fourth-order valence-electron chi connectivity index (χ4n) is 2.58. The van der Waals surface area contributed by atoms with E-state index in [2.05, 4.69) is 10.6 Å². The van der Waals surface area contributed by atoms with Gasteiger partial charge in [-0.2, -0.15) is 13.2 Å². The summed E-state index contributed by atoms with van der Waals surface area (Å²) in [6.45, 7) is 0.297. The molecule has 0 saturated heterocycles. The Morgan fingerprint density at radius 2 is 1.96 bits per heavy atom. The van der Waals surface area contributed by atoms with Crippen LogP contribution in [0.4, 0.5) is 23.7 Å². The SMILES string of the molecule is Cc1ccc(NC(=O)NC2CCC(O)CC2)c(OCC(F)(F)F)c1. The first-order chi connectivity index (χ1) is 11.2. The van der Waals surface area contributed by atoms with Crippen molar-refractivity contribution in [2.24, 2.45) is 0 Å². The quantitative estimate of drug-likeness (QED) is 0.783. The van der Waals surface area contributed by atoms with Gasteiger partial charge in [-0.3, -0.25) is 0 Å². The first-order valence-electron chi connectivity index (χ1n) is 7.79. The summed E-state index contributed by atoms with van der Waals surface area (Å²) in [4.78, 5) is 12.0. The molecule has 1 fully saturated rings. The van der Waals surface area contributed by atoms with E-state index in [0.29, 0.717) is 25.7 Å². The number of alkyl halides is 3. The van der Waals surface area contributed by atoms with Crippen molar-refractivity contribution in [3.8, 4) is 5.75 Å². The van der Waals surface area contributed by atoms with Crippen LogP contribution in [0.5, 0.6) is 5.75 Å². The Morgan fingerprint density at radius 3 is 2.58 bits per heavy atom. The van der Waals surface area contributed by atoms with Gasteiger partial charge in [0.2, 0.25) is 0 Å². The van der Waals surface area contributed by atoms with Gasteiger partial charge >= 0.3 is 12.2 Å². The normalized spacial score (nSPS) is 21.2. The highest BCUT2D eigenvalue weighted by Gasteiger charge is 2.29. The fraction of sp³-hybridized carbons (Fsp3) is 0.562. The molecular formula is C16H21F3N2O3. The molecule has 5 nitrogen and oxygen atoms in total. The second-order valence-corrected chi connectivity index (χ2v) is 6.01. The summed E-state index contributed by atoms with van der Waals surface area (Å²) in [5.74, 6) is -0.0264. The lowest BCUT2D eigenvalue weighted by molar-refractivity contribution is -0.153. The van der Waals surface area contributed by atoms with Crippen LogP contribution in [0, 0.1) is 6.92 Å². The number of rotatable bonds is 4. The number of urea groups is 1. The van der Waals surface area contributed by atoms with Gasteiger partial charge in [-0.25, -0.2) is 4.79 Å². The highest BCUT2D eigenvalue weighted by atomic mass is 19.4. The minimum Gasteiger partial charge on any atom is -0.482 e. The van der Waals surface area contributed by atoms with Crippen molar-refractivity contribution in [2.45, 2.75) is 50.9 Å². The number of hydrogen-bond donors (Lipinski definition) is 3. The number of nitrogens with one attached hydrogen (secondary N) is 2. The van der Waals surface area contributed by atoms with Gasteiger partial charge < -0.3 is 20.5 Å². The fourth-order valence-corrected chi connectivity index (χ4v) is 2.58. The Hall–Kier alpha value is -1.96. The second kappa shape index (κ2) is 7.74. The number of aryl methyl sites for hydroxylation is 1. The average Bonchev–Trinajstić information content (AvgIpc) is 2.49. The predicted octanol–water partition coefficient (Wildman–Crippen LogP) is 3.36. The molecule has 134 valence electrons. The first kappa shape index (κ1) is 18.4. The second-order valence-electron chi connectivity index (χ2n) is 6.01. The molecule has 3 N–H and O–H groups in total. The Labute approximate surface area is 138 Å². The molecule has 1 aliphatic rings. The number of ether oxygens (including phenoxy) is 1. The van der Waals surface area contributed by atoms with Crippen molar-refractivity contribution in [2.75, 3.05) is 11.9 Å². The number of carbonyl (C=O) groups is 1. The zero-order valence-corrected chi connectivity index (χ0v) is 13.3. The van der Waals surface area contributed by atoms with Gasteiger partial charge in [0, 0.05) is 6.04 Å². The summed E-state index contributed by atoms with van der Waals surface area (Å²) in [5.41, 5.74) is 0.901. The lowest BCUT2D eigenvalue weighted by Crippen LogP contribution is -2.41. The molecule has 0 aromatic heterocycles. The Morgan fingerprint density at radius 1 is 1.29 bits per heavy atom. The van der Waals surface area contributed by atoms with E-state index in [0.717, 1.165) is 5.56 Å². The summed E-state index contributed by atoms with van der Waals surface area (Å²) in [6, 6.07) is 4.06. The number of aliphatic hydroxyl groups excluding tert-OH is 1. The van der Waals surface area contributed by atoms with Crippen LogP contribution < -0.4 is 15.4 Å². The zero-order valence-electron chi connectivity index (χ0n) is 13.3. The number of anilines is 1. The molecule has 8 heteroatoms. The van der Waals surface area contributed by atoms with Crippen LogP contribution in [0.2, 0.25) is 0 Å². The molecule has 1 aromatic carbocycles. The van der Waals surface area contributed by atoms with Crippen LogP contribution in [0.1, 0.15) is 31.2 Å². The number of amides is 2. The molecule has 0 aliphatic heterocycles. The molecule has 1 aromatic rings. The summed E-state index contributed by atoms with van der Waals surface area (Å²) in [5, 5.41) is 14.7. The predicted molar refractivity (Wildman–Crippen MR) is 83.1 cm³/mol. The summed E-state index contributed by atoms with van der Waals surface area (Å²) in [7, 11) is 0. The maximum atomic E-state index is 12.3. The van der Waals surface area contributed by atoms with Gasteiger partial charge in [0.05, 0.1) is 11.8 Å². The van der Waals surface area contributed by atoms with Gasteiger partial charge in [-0.1, -0.05) is 6.07 Å². The van der Waals surface area contributed by atoms with Crippen molar-refractivity contribution in [1.82, 2.24) is 5.32 Å². The molecule has 0 radical (unpaired) electrons. The number of halogens is 3. The summed E-state index contributed by atoms with van der Waals surface area (Å²) in [6.07, 6.45) is -2.21. The van der Waals surface area contributed by atoms with E-state index in [4.69, 9.17) is 4.74 Å². The summed E-state index contributed by atoms with van der Waals surface area (Å²) >= 11 is 0. The highest BCUT2D eigenvalue weighted by molar-refractivity contribution is 5.91. The van der Waals surface area contributed by atoms with Gasteiger partial charge in [-0.15, -0.1) is 0 Å². The van der Waals surface area contributed by atoms with Crippen LogP contribution in [0.25, 0.3) is 0 Å². The highest BCUT2D eigenvalue weighted by Crippen LogP contribution is 2.28. The number of aliphatic hydroxyl groups is 1. The number of benzene rings is 1. The smallest absolute Gasteiger partial charge is 0.422 e. The van der Waals surface area contributed by atoms with Crippen LogP contribution in [-0.4, -0.2) is 36.1 Å². The van der Waals surface area contributed by atoms with Crippen molar-refractivity contribution >= 4 is 11.7 Å². The van der Waals surface area contributed by atoms with E-state index in [1.807, 2.05) is 0 Å². The molecule has 2 amide bonds. The van der Waals surface area contributed by atoms with Crippen molar-refractivity contribution in [3.63, 3.8) is 0 Å². The molecule has 0 bridgehead atoms. The maximum Gasteiger partial charge on any atom is 0.422 e. The van der Waals surface area contributed by atoms with Crippen molar-refractivity contribution < 1.29 is 27.8 Å². The van der Waals surface area contributed by atoms with Crippen molar-refractivity contribution in [3.05, 3.63) is 23.8 Å². The topological polar surface area (TPSA) is 70.6 Å². The van der Waals surface area contributed by atoms with E-state index < -0.39 is 18.8 Å². The van der Waals surface area contributed by atoms with Crippen LogP contribution in [0.3, 0.4) is 0 Å². The van der Waals surface area contributed by atoms with Crippen LogP contribution in [-0.2, 0) is 0 Å². The van der Waals surface area contributed by atoms with Gasteiger partial charge in [0.15, 0.2) is 6.61 Å². The summed E-state index contributed by atoms with van der Waals surface area (Å²) < 4.78 is 41.8. The average molecular weight is 346 g/mol. The maximum absolute atomic E-state index is 12.3. The van der Waals surface area contributed by atoms with Gasteiger partial charge in [-0.05, 0) is 50.3 Å². The molecule has 24 heavy (non-hydrogen) atoms. The Balaban J connectivity index is 1.96. The molecule has 0 unspecified atom stereocenters. The minimum atomic E-state index is -4.45. The van der Waals surface area contributed by atoms with E-state index in [1.54, 1.807) is 13.0 Å². The first-order valence-corrected chi connectivity index (χ1v) is 7.79. The molecule has 0 spiro atoms. The molecule has 2 rings (SSSR count). The van der Waals surface area contributed by atoms with E-state index in [1.165, 1.54) is 12.1 Å². The molecule has 1 aliphatic carbocycles. The van der Waals surface area contributed by atoms with Gasteiger partial charge in [0.25, 0.3) is 0 Å². The monoisotopic (exact) mass is 346 g/mol.